The fourth-order valence-electron chi connectivity index (χ4n) is 1.74. The zero-order valence-corrected chi connectivity index (χ0v) is 13.6. The van der Waals surface area contributed by atoms with Gasteiger partial charge < -0.3 is 15.2 Å². The van der Waals surface area contributed by atoms with Gasteiger partial charge in [0.1, 0.15) is 11.6 Å². The fraction of sp³-hybridized carbons (Fsp3) is 0.133. The Balaban J connectivity index is 2.23. The smallest absolute Gasteiger partial charge is 0.180 e. The van der Waals surface area contributed by atoms with Crippen LogP contribution in [-0.2, 0) is 6.61 Å². The van der Waals surface area contributed by atoms with Gasteiger partial charge in [0.25, 0.3) is 0 Å². The third-order valence-electron chi connectivity index (χ3n) is 2.81. The maximum atomic E-state index is 6.21. The van der Waals surface area contributed by atoms with Crippen molar-refractivity contribution in [2.24, 2.45) is 5.73 Å². The second-order valence-electron chi connectivity index (χ2n) is 4.27. The lowest BCUT2D eigenvalue weighted by Gasteiger charge is -2.14. The molecule has 0 saturated carbocycles. The molecule has 2 rings (SSSR count). The molecule has 2 N–H and O–H groups in total. The van der Waals surface area contributed by atoms with Crippen molar-refractivity contribution >= 4 is 40.4 Å². The van der Waals surface area contributed by atoms with E-state index in [-0.39, 0.29) is 4.99 Å². The van der Waals surface area contributed by atoms with Crippen LogP contribution in [-0.4, -0.2) is 12.1 Å². The van der Waals surface area contributed by atoms with Gasteiger partial charge in [-0.05, 0) is 29.8 Å². The van der Waals surface area contributed by atoms with E-state index >= 15 is 0 Å². The van der Waals surface area contributed by atoms with Gasteiger partial charge >= 0.3 is 0 Å². The molecule has 0 aliphatic rings. The van der Waals surface area contributed by atoms with E-state index in [4.69, 9.17) is 50.6 Å². The molecule has 6 heteroatoms. The molecule has 3 nitrogen and oxygen atoms in total. The maximum Gasteiger partial charge on any atom is 0.180 e. The van der Waals surface area contributed by atoms with Crippen molar-refractivity contribution < 1.29 is 9.47 Å². The van der Waals surface area contributed by atoms with Crippen LogP contribution in [0.1, 0.15) is 11.1 Å². The van der Waals surface area contributed by atoms with E-state index in [1.165, 1.54) is 7.11 Å². The zero-order chi connectivity index (χ0) is 15.4. The van der Waals surface area contributed by atoms with E-state index in [1.54, 1.807) is 24.3 Å². The van der Waals surface area contributed by atoms with Crippen LogP contribution >= 0.6 is 35.4 Å². The van der Waals surface area contributed by atoms with Crippen LogP contribution in [0.3, 0.4) is 0 Å². The highest BCUT2D eigenvalue weighted by molar-refractivity contribution is 7.80. The molecule has 0 amide bonds. The standard InChI is InChI=1S/C15H13Cl2NO2S/c1-19-13-7-10(15(18)21)6-12(17)14(13)20-8-9-2-4-11(16)5-3-9/h2-7H,8H2,1H3,(H2,18,21). The highest BCUT2D eigenvalue weighted by atomic mass is 35.5. The molecule has 0 heterocycles. The largest absolute Gasteiger partial charge is 0.493 e. The quantitative estimate of drug-likeness (QED) is 0.827. The van der Waals surface area contributed by atoms with Gasteiger partial charge in [0, 0.05) is 10.6 Å². The molecular formula is C15H13Cl2NO2S. The second-order valence-corrected chi connectivity index (χ2v) is 5.55. The molecule has 0 saturated heterocycles. The van der Waals surface area contributed by atoms with Gasteiger partial charge in [0.05, 0.1) is 12.1 Å². The Morgan fingerprint density at radius 1 is 1.19 bits per heavy atom. The Hall–Kier alpha value is -1.49. The summed E-state index contributed by atoms with van der Waals surface area (Å²) in [5, 5.41) is 1.07. The van der Waals surface area contributed by atoms with Gasteiger partial charge in [0.2, 0.25) is 0 Å². The van der Waals surface area contributed by atoms with Crippen LogP contribution in [0.5, 0.6) is 11.5 Å². The predicted molar refractivity (Wildman–Crippen MR) is 89.7 cm³/mol. The molecule has 0 fully saturated rings. The summed E-state index contributed by atoms with van der Waals surface area (Å²) in [5.41, 5.74) is 7.20. The molecule has 0 aliphatic carbocycles. The molecule has 0 aromatic heterocycles. The first-order valence-corrected chi connectivity index (χ1v) is 7.22. The first kappa shape index (κ1) is 15.9. The molecule has 0 atom stereocenters. The third-order valence-corrected chi connectivity index (χ3v) is 3.58. The van der Waals surface area contributed by atoms with Crippen molar-refractivity contribution in [3.8, 4) is 11.5 Å². The first-order valence-electron chi connectivity index (χ1n) is 6.06. The molecule has 0 unspecified atom stereocenters. The fourth-order valence-corrected chi connectivity index (χ4v) is 2.25. The Bertz CT molecular complexity index is 659. The summed E-state index contributed by atoms with van der Waals surface area (Å²) in [6, 6.07) is 10.7. The average molecular weight is 342 g/mol. The van der Waals surface area contributed by atoms with Crippen LogP contribution in [0.4, 0.5) is 0 Å². The molecule has 2 aromatic rings. The molecule has 110 valence electrons. The zero-order valence-electron chi connectivity index (χ0n) is 11.2. The molecule has 21 heavy (non-hydrogen) atoms. The summed E-state index contributed by atoms with van der Waals surface area (Å²) in [6.45, 7) is 0.347. The minimum absolute atomic E-state index is 0.249. The monoisotopic (exact) mass is 341 g/mol. The Morgan fingerprint density at radius 3 is 2.43 bits per heavy atom. The molecule has 0 bridgehead atoms. The summed E-state index contributed by atoms with van der Waals surface area (Å²) >= 11 is 17.0. The second kappa shape index (κ2) is 6.98. The highest BCUT2D eigenvalue weighted by Gasteiger charge is 2.13. The van der Waals surface area contributed by atoms with E-state index in [2.05, 4.69) is 0 Å². The summed E-state index contributed by atoms with van der Waals surface area (Å²) < 4.78 is 11.0. The Morgan fingerprint density at radius 2 is 1.86 bits per heavy atom. The summed E-state index contributed by atoms with van der Waals surface area (Å²) in [7, 11) is 1.53. The van der Waals surface area contributed by atoms with Crippen molar-refractivity contribution in [1.29, 1.82) is 0 Å². The molecule has 0 spiro atoms. The van der Waals surface area contributed by atoms with E-state index < -0.39 is 0 Å². The lowest BCUT2D eigenvalue weighted by Crippen LogP contribution is -2.10. The van der Waals surface area contributed by atoms with Crippen LogP contribution < -0.4 is 15.2 Å². The van der Waals surface area contributed by atoms with Crippen molar-refractivity contribution in [3.63, 3.8) is 0 Å². The van der Waals surface area contributed by atoms with Gasteiger partial charge in [-0.25, -0.2) is 0 Å². The minimum atomic E-state index is 0.249. The van der Waals surface area contributed by atoms with Crippen molar-refractivity contribution in [1.82, 2.24) is 0 Å². The third kappa shape index (κ3) is 4.00. The number of thiocarbonyl (C=S) groups is 1. The minimum Gasteiger partial charge on any atom is -0.493 e. The lowest BCUT2D eigenvalue weighted by molar-refractivity contribution is 0.284. The van der Waals surface area contributed by atoms with Gasteiger partial charge in [-0.3, -0.25) is 0 Å². The summed E-state index contributed by atoms with van der Waals surface area (Å²) in [4.78, 5) is 0.249. The number of rotatable bonds is 5. The Labute approximate surface area is 138 Å². The number of hydrogen-bond donors (Lipinski definition) is 1. The first-order chi connectivity index (χ1) is 10.0. The maximum absolute atomic E-state index is 6.21. The number of benzene rings is 2. The number of hydrogen-bond acceptors (Lipinski definition) is 3. The average Bonchev–Trinajstić information content (AvgIpc) is 2.46. The SMILES string of the molecule is COc1cc(C(N)=S)cc(Cl)c1OCc1ccc(Cl)cc1. The number of halogens is 2. The topological polar surface area (TPSA) is 44.5 Å². The predicted octanol–water partition coefficient (Wildman–Crippen LogP) is 4.22. The van der Waals surface area contributed by atoms with Crippen LogP contribution in [0.15, 0.2) is 36.4 Å². The summed E-state index contributed by atoms with van der Waals surface area (Å²) in [5.74, 6) is 0.938. The number of methoxy groups -OCH3 is 1. The van der Waals surface area contributed by atoms with Gasteiger partial charge in [-0.15, -0.1) is 0 Å². The van der Waals surface area contributed by atoms with Crippen LogP contribution in [0.25, 0.3) is 0 Å². The van der Waals surface area contributed by atoms with Crippen molar-refractivity contribution in [2.45, 2.75) is 6.61 Å². The normalized spacial score (nSPS) is 10.2. The summed E-state index contributed by atoms with van der Waals surface area (Å²) in [6.07, 6.45) is 0. The van der Waals surface area contributed by atoms with Crippen molar-refractivity contribution in [3.05, 3.63) is 57.6 Å². The number of nitrogens with two attached hydrogens (primary N) is 1. The molecular weight excluding hydrogens is 329 g/mol. The van der Waals surface area contributed by atoms with Gasteiger partial charge in [-0.2, -0.15) is 0 Å². The van der Waals surface area contributed by atoms with Gasteiger partial charge in [-0.1, -0.05) is 47.6 Å². The van der Waals surface area contributed by atoms with E-state index in [0.29, 0.717) is 33.7 Å². The van der Waals surface area contributed by atoms with Crippen LogP contribution in [0, 0.1) is 0 Å². The van der Waals surface area contributed by atoms with Gasteiger partial charge in [0.15, 0.2) is 11.5 Å². The van der Waals surface area contributed by atoms with E-state index in [0.717, 1.165) is 5.56 Å². The number of ether oxygens (including phenoxy) is 2. The van der Waals surface area contributed by atoms with E-state index in [9.17, 15) is 0 Å². The van der Waals surface area contributed by atoms with E-state index in [1.807, 2.05) is 12.1 Å². The molecule has 0 aliphatic heterocycles. The molecule has 0 radical (unpaired) electrons. The Kier molecular flexibility index (Phi) is 5.28. The van der Waals surface area contributed by atoms with Crippen molar-refractivity contribution in [2.75, 3.05) is 7.11 Å². The lowest BCUT2D eigenvalue weighted by atomic mass is 10.2. The molecule has 2 aromatic carbocycles. The van der Waals surface area contributed by atoms with Crippen LogP contribution in [0.2, 0.25) is 10.0 Å². The highest BCUT2D eigenvalue weighted by Crippen LogP contribution is 2.37.